The number of fused-ring (bicyclic) bond motifs is 18. The fourth-order valence-corrected chi connectivity index (χ4v) is 14.5. The van der Waals surface area contributed by atoms with Crippen molar-refractivity contribution in [1.29, 1.82) is 0 Å². The average molecular weight is 979 g/mol. The summed E-state index contributed by atoms with van der Waals surface area (Å²) in [6, 6.07) is 104. The topological polar surface area (TPSA) is 21.3 Å². The number of benzene rings is 12. The lowest BCUT2D eigenvalue weighted by Crippen LogP contribution is -2.33. The molecule has 2 aliphatic carbocycles. The van der Waals surface area contributed by atoms with Crippen molar-refractivity contribution < 1.29 is 4.42 Å². The maximum atomic E-state index is 6.26. The fraction of sp³-hybridized carbons (Fsp3) is 0.0270. The van der Waals surface area contributed by atoms with Gasteiger partial charge in [0.15, 0.2) is 0 Å². The van der Waals surface area contributed by atoms with Crippen LogP contribution in [0.25, 0.3) is 82.8 Å². The molecule has 0 saturated carbocycles. The Kier molecular flexibility index (Phi) is 8.69. The zero-order chi connectivity index (χ0) is 50.4. The maximum Gasteiger partial charge on any atom is 0.135 e. The number of aromatic nitrogens is 1. The van der Waals surface area contributed by atoms with Crippen molar-refractivity contribution in [1.82, 2.24) is 4.57 Å². The minimum absolute atomic E-state index is 0.516. The van der Waals surface area contributed by atoms with Crippen LogP contribution in [0.15, 0.2) is 283 Å². The van der Waals surface area contributed by atoms with E-state index in [9.17, 15) is 0 Å². The smallest absolute Gasteiger partial charge is 0.135 e. The first-order valence-corrected chi connectivity index (χ1v) is 26.7. The molecule has 0 fully saturated rings. The molecule has 14 aromatic rings. The molecule has 0 saturated heterocycles. The predicted molar refractivity (Wildman–Crippen MR) is 316 cm³/mol. The van der Waals surface area contributed by atoms with Crippen molar-refractivity contribution in [3.8, 4) is 39.1 Å². The average Bonchev–Trinajstić information content (AvgIpc) is 4.27. The van der Waals surface area contributed by atoms with Crippen LogP contribution in [-0.4, -0.2) is 4.57 Å². The Morgan fingerprint density at radius 3 is 1.62 bits per heavy atom. The summed E-state index contributed by atoms with van der Waals surface area (Å²) in [6.07, 6.45) is 0. The van der Waals surface area contributed by atoms with Crippen molar-refractivity contribution in [3.63, 3.8) is 0 Å². The first-order valence-electron chi connectivity index (χ1n) is 26.7. The lowest BCUT2D eigenvalue weighted by molar-refractivity contribution is 0.669. The van der Waals surface area contributed by atoms with E-state index in [1.807, 2.05) is 12.1 Å². The Hall–Kier alpha value is -9.96. The summed E-state index contributed by atoms with van der Waals surface area (Å²) in [4.78, 5) is 2.51. The van der Waals surface area contributed by atoms with E-state index in [0.29, 0.717) is 0 Å². The number of nitrogens with zero attached hydrogens (tertiary/aromatic N) is 2. The zero-order valence-electron chi connectivity index (χ0n) is 41.9. The molecule has 2 aromatic heterocycles. The highest BCUT2D eigenvalue weighted by atomic mass is 16.3. The highest BCUT2D eigenvalue weighted by Gasteiger charge is 2.52. The van der Waals surface area contributed by atoms with E-state index in [1.165, 1.54) is 94.3 Å². The number of rotatable bonds is 6. The third-order valence-electron chi connectivity index (χ3n) is 17.5. The first-order chi connectivity index (χ1) is 38.2. The summed E-state index contributed by atoms with van der Waals surface area (Å²) in [5.41, 5.74) is 25.3. The van der Waals surface area contributed by atoms with Crippen LogP contribution in [0.5, 0.6) is 0 Å². The van der Waals surface area contributed by atoms with Gasteiger partial charge in [-0.3, -0.25) is 0 Å². The highest BCUT2D eigenvalue weighted by molar-refractivity contribution is 6.13. The summed E-state index contributed by atoms with van der Waals surface area (Å²) in [5.74, 6) is 0. The van der Waals surface area contributed by atoms with Crippen molar-refractivity contribution in [3.05, 3.63) is 324 Å². The number of furan rings is 1. The minimum Gasteiger partial charge on any atom is -0.456 e. The molecule has 1 spiro atoms. The van der Waals surface area contributed by atoms with Crippen molar-refractivity contribution in [2.24, 2.45) is 0 Å². The molecular weight excluding hydrogens is 933 g/mol. The maximum absolute atomic E-state index is 6.26. The molecule has 1 unspecified atom stereocenters. The second-order valence-corrected chi connectivity index (χ2v) is 21.0. The summed E-state index contributed by atoms with van der Waals surface area (Å²) >= 11 is 0. The standard InChI is InChI=1S/C74H46N2O/c1-2-18-49(19-3-1)73(60-26-9-4-20-53(60)54-21-5-10-27-61(54)73)50-39-43-52(44-40-50)75(51-41-36-47(37-42-51)48-38-45-70-59(46-48)56-23-8-15-35-69(56)77-70)68-34-17-30-64-71(68)58-24-6-11-28-62(58)74(64)63-29-12-14-33-67(63)76-66-32-13-7-22-55(66)57-25-16-31-65(74)72(57)76/h1-46H. The van der Waals surface area contributed by atoms with Crippen LogP contribution in [0.2, 0.25) is 0 Å². The van der Waals surface area contributed by atoms with Crippen LogP contribution in [0.4, 0.5) is 17.1 Å². The van der Waals surface area contributed by atoms with Gasteiger partial charge in [-0.2, -0.15) is 0 Å². The molecule has 12 aromatic carbocycles. The number of hydrogen-bond acceptors (Lipinski definition) is 2. The zero-order valence-corrected chi connectivity index (χ0v) is 41.9. The van der Waals surface area contributed by atoms with Gasteiger partial charge in [0.05, 0.1) is 33.2 Å². The van der Waals surface area contributed by atoms with Gasteiger partial charge in [0.25, 0.3) is 0 Å². The van der Waals surface area contributed by atoms with Gasteiger partial charge in [0, 0.05) is 38.5 Å². The Balaban J connectivity index is 0.904. The number of hydrogen-bond donors (Lipinski definition) is 0. The van der Waals surface area contributed by atoms with Crippen molar-refractivity contribution in [2.75, 3.05) is 4.90 Å². The molecule has 358 valence electrons. The van der Waals surface area contributed by atoms with E-state index in [2.05, 4.69) is 276 Å². The highest BCUT2D eigenvalue weighted by Crippen LogP contribution is 2.64. The van der Waals surface area contributed by atoms with Crippen LogP contribution in [0, 0.1) is 0 Å². The van der Waals surface area contributed by atoms with Crippen molar-refractivity contribution in [2.45, 2.75) is 10.8 Å². The third-order valence-corrected chi connectivity index (χ3v) is 17.5. The minimum atomic E-state index is -0.594. The lowest BCUT2D eigenvalue weighted by Gasteiger charge is -2.39. The second kappa shape index (κ2) is 15.8. The van der Waals surface area contributed by atoms with Gasteiger partial charge in [-0.05, 0) is 133 Å². The number of anilines is 3. The van der Waals surface area contributed by atoms with Crippen LogP contribution in [0.3, 0.4) is 0 Å². The molecule has 3 heterocycles. The molecule has 77 heavy (non-hydrogen) atoms. The molecule has 0 N–H and O–H groups in total. The molecule has 3 nitrogen and oxygen atoms in total. The van der Waals surface area contributed by atoms with Crippen LogP contribution >= 0.6 is 0 Å². The molecule has 17 rings (SSSR count). The van der Waals surface area contributed by atoms with E-state index < -0.39 is 10.8 Å². The molecule has 1 aliphatic heterocycles. The Morgan fingerprint density at radius 1 is 0.325 bits per heavy atom. The van der Waals surface area contributed by atoms with Crippen molar-refractivity contribution >= 4 is 60.8 Å². The Labute approximate surface area is 445 Å². The monoisotopic (exact) mass is 978 g/mol. The van der Waals surface area contributed by atoms with E-state index >= 15 is 0 Å². The van der Waals surface area contributed by atoms with E-state index in [-0.39, 0.29) is 0 Å². The molecule has 0 radical (unpaired) electrons. The quantitative estimate of drug-likeness (QED) is 0.166. The van der Waals surface area contributed by atoms with Crippen LogP contribution < -0.4 is 4.90 Å². The largest absolute Gasteiger partial charge is 0.456 e. The lowest BCUT2D eigenvalue weighted by atomic mass is 9.65. The normalized spacial score (nSPS) is 15.2. The number of para-hydroxylation sites is 4. The summed E-state index contributed by atoms with van der Waals surface area (Å²) in [6.45, 7) is 0. The third kappa shape index (κ3) is 5.54. The van der Waals surface area contributed by atoms with Gasteiger partial charge in [-0.1, -0.05) is 218 Å². The first kappa shape index (κ1) is 42.4. The fourth-order valence-electron chi connectivity index (χ4n) is 14.5. The van der Waals surface area contributed by atoms with Gasteiger partial charge in [-0.25, -0.2) is 0 Å². The summed E-state index contributed by atoms with van der Waals surface area (Å²) in [5, 5.41) is 4.80. The van der Waals surface area contributed by atoms with E-state index in [4.69, 9.17) is 4.42 Å². The van der Waals surface area contributed by atoms with Crippen LogP contribution in [-0.2, 0) is 10.8 Å². The predicted octanol–water partition coefficient (Wildman–Crippen LogP) is 18.9. The Bertz CT molecular complexity index is 4710. The Morgan fingerprint density at radius 2 is 0.857 bits per heavy atom. The van der Waals surface area contributed by atoms with E-state index in [1.54, 1.807) is 0 Å². The molecular formula is C74H46N2O. The van der Waals surface area contributed by atoms with Gasteiger partial charge in [0.2, 0.25) is 0 Å². The summed E-state index contributed by atoms with van der Waals surface area (Å²) in [7, 11) is 0. The summed E-state index contributed by atoms with van der Waals surface area (Å²) < 4.78 is 8.79. The molecule has 3 aliphatic rings. The van der Waals surface area contributed by atoms with E-state index in [0.717, 1.165) is 50.1 Å². The van der Waals surface area contributed by atoms with Gasteiger partial charge in [-0.15, -0.1) is 0 Å². The molecule has 0 amide bonds. The second-order valence-electron chi connectivity index (χ2n) is 21.0. The van der Waals surface area contributed by atoms with Crippen LogP contribution in [0.1, 0.15) is 44.5 Å². The van der Waals surface area contributed by atoms with Gasteiger partial charge in [0.1, 0.15) is 11.2 Å². The van der Waals surface area contributed by atoms with Gasteiger partial charge >= 0.3 is 0 Å². The van der Waals surface area contributed by atoms with Gasteiger partial charge < -0.3 is 13.9 Å². The SMILES string of the molecule is c1ccc(C2(c3ccc(N(c4ccc(-c5ccc6oc7ccccc7c6c5)cc4)c4cccc5c4-c4ccccc4C54c5ccccc5-n5c6ccccc6c6cccc4c65)cc3)c3ccccc3-c3ccccc32)cc1. The molecule has 0 bridgehead atoms. The molecule has 3 heteroatoms. The molecule has 1 atom stereocenters.